The number of rotatable bonds is 6. The molecule has 26 heavy (non-hydrogen) atoms. The summed E-state index contributed by atoms with van der Waals surface area (Å²) in [6, 6.07) is 15.8. The minimum absolute atomic E-state index is 0.0541. The first-order valence-corrected chi connectivity index (χ1v) is 8.09. The molecule has 6 heteroatoms. The lowest BCUT2D eigenvalue weighted by Gasteiger charge is -2.18. The second-order valence-electron chi connectivity index (χ2n) is 5.85. The van der Waals surface area contributed by atoms with E-state index < -0.39 is 5.91 Å². The molecule has 0 radical (unpaired) electrons. The summed E-state index contributed by atoms with van der Waals surface area (Å²) in [6.45, 7) is -0.0702. The number of aromatic nitrogens is 1. The zero-order chi connectivity index (χ0) is 18.5. The molecule has 2 aromatic carbocycles. The number of aromatic hydroxyl groups is 1. The largest absolute Gasteiger partial charge is 0.507 e. The molecule has 1 aromatic heterocycles. The van der Waals surface area contributed by atoms with Crippen molar-refractivity contribution >= 4 is 11.6 Å². The summed E-state index contributed by atoms with van der Waals surface area (Å²) in [5.74, 6) is -0.857. The fraction of sp³-hybridized carbons (Fsp3) is 0.100. The van der Waals surface area contributed by atoms with Crippen LogP contribution in [0.2, 0.25) is 0 Å². The van der Waals surface area contributed by atoms with E-state index in [-0.39, 0.29) is 24.0 Å². The number of primary amides is 1. The minimum Gasteiger partial charge on any atom is -0.507 e. The SMILES string of the molecule is NC(=O)c1cc(-c2cncc(NC(CO)c3ccccc3)c2)ccc1O. The van der Waals surface area contributed by atoms with Gasteiger partial charge in [0.05, 0.1) is 23.9 Å². The smallest absolute Gasteiger partial charge is 0.252 e. The van der Waals surface area contributed by atoms with Crippen LogP contribution in [0.5, 0.6) is 5.75 Å². The van der Waals surface area contributed by atoms with Crippen molar-refractivity contribution in [3.63, 3.8) is 0 Å². The Labute approximate surface area is 150 Å². The lowest BCUT2D eigenvalue weighted by atomic mass is 10.0. The first-order valence-electron chi connectivity index (χ1n) is 8.09. The van der Waals surface area contributed by atoms with Crippen LogP contribution in [0.1, 0.15) is 22.0 Å². The third-order valence-electron chi connectivity index (χ3n) is 4.06. The number of pyridine rings is 1. The topological polar surface area (TPSA) is 108 Å². The molecule has 132 valence electrons. The molecule has 0 saturated heterocycles. The van der Waals surface area contributed by atoms with E-state index in [2.05, 4.69) is 10.3 Å². The zero-order valence-corrected chi connectivity index (χ0v) is 14.0. The van der Waals surface area contributed by atoms with E-state index >= 15 is 0 Å². The molecule has 1 unspecified atom stereocenters. The standard InChI is InChI=1S/C20H19N3O3/c21-20(26)17-9-14(6-7-19(17)25)15-8-16(11-22-10-15)23-18(12-24)13-4-2-1-3-5-13/h1-11,18,23-25H,12H2,(H2,21,26). The van der Waals surface area contributed by atoms with E-state index in [4.69, 9.17) is 5.73 Å². The number of carbonyl (C=O) groups excluding carboxylic acids is 1. The second kappa shape index (κ2) is 7.67. The molecule has 1 amide bonds. The summed E-state index contributed by atoms with van der Waals surface area (Å²) in [7, 11) is 0. The Balaban J connectivity index is 1.89. The third kappa shape index (κ3) is 3.81. The average Bonchev–Trinajstić information content (AvgIpc) is 2.67. The molecule has 5 N–H and O–H groups in total. The first-order chi connectivity index (χ1) is 12.6. The van der Waals surface area contributed by atoms with Crippen molar-refractivity contribution in [2.75, 3.05) is 11.9 Å². The lowest BCUT2D eigenvalue weighted by Crippen LogP contribution is -2.14. The van der Waals surface area contributed by atoms with E-state index in [9.17, 15) is 15.0 Å². The maximum atomic E-state index is 11.4. The highest BCUT2D eigenvalue weighted by Gasteiger charge is 2.12. The van der Waals surface area contributed by atoms with Crippen molar-refractivity contribution in [3.05, 3.63) is 78.1 Å². The number of nitrogens with one attached hydrogen (secondary N) is 1. The maximum Gasteiger partial charge on any atom is 0.252 e. The van der Waals surface area contributed by atoms with Crippen molar-refractivity contribution in [1.29, 1.82) is 0 Å². The predicted molar refractivity (Wildman–Crippen MR) is 99.7 cm³/mol. The molecular formula is C20H19N3O3. The van der Waals surface area contributed by atoms with Crippen LogP contribution in [0.15, 0.2) is 67.0 Å². The highest BCUT2D eigenvalue weighted by atomic mass is 16.3. The Morgan fingerprint density at radius 3 is 2.54 bits per heavy atom. The summed E-state index contributed by atoms with van der Waals surface area (Å²) in [5, 5.41) is 22.7. The highest BCUT2D eigenvalue weighted by molar-refractivity contribution is 5.96. The molecule has 3 aromatic rings. The van der Waals surface area contributed by atoms with E-state index in [1.54, 1.807) is 18.5 Å². The van der Waals surface area contributed by atoms with Gasteiger partial charge in [-0.05, 0) is 29.3 Å². The van der Waals surface area contributed by atoms with Crippen LogP contribution < -0.4 is 11.1 Å². The number of anilines is 1. The number of carbonyl (C=O) groups is 1. The molecule has 1 atom stereocenters. The van der Waals surface area contributed by atoms with Crippen LogP contribution in [0, 0.1) is 0 Å². The Morgan fingerprint density at radius 2 is 1.85 bits per heavy atom. The van der Waals surface area contributed by atoms with Crippen molar-refractivity contribution < 1.29 is 15.0 Å². The van der Waals surface area contributed by atoms with Crippen LogP contribution in [-0.4, -0.2) is 27.7 Å². The molecule has 0 aliphatic heterocycles. The van der Waals surface area contributed by atoms with Gasteiger partial charge in [0.1, 0.15) is 5.75 Å². The monoisotopic (exact) mass is 349 g/mol. The molecule has 0 fully saturated rings. The molecule has 0 aliphatic carbocycles. The zero-order valence-electron chi connectivity index (χ0n) is 14.0. The number of hydrogen-bond donors (Lipinski definition) is 4. The van der Waals surface area contributed by atoms with Gasteiger partial charge in [-0.3, -0.25) is 9.78 Å². The third-order valence-corrected chi connectivity index (χ3v) is 4.06. The van der Waals surface area contributed by atoms with Gasteiger partial charge in [0.15, 0.2) is 0 Å². The number of phenols is 1. The number of benzene rings is 2. The van der Waals surface area contributed by atoms with Gasteiger partial charge in [0, 0.05) is 18.0 Å². The number of aliphatic hydroxyl groups excluding tert-OH is 1. The summed E-state index contributed by atoms with van der Waals surface area (Å²) in [5.41, 5.74) is 8.47. The van der Waals surface area contributed by atoms with Crippen LogP contribution in [0.25, 0.3) is 11.1 Å². The molecule has 1 heterocycles. The normalized spacial score (nSPS) is 11.7. The predicted octanol–water partition coefficient (Wildman–Crippen LogP) is 2.70. The number of amides is 1. The number of hydrogen-bond acceptors (Lipinski definition) is 5. The molecule has 0 aliphatic rings. The van der Waals surface area contributed by atoms with Gasteiger partial charge in [-0.25, -0.2) is 0 Å². The van der Waals surface area contributed by atoms with Gasteiger partial charge in [-0.2, -0.15) is 0 Å². The molecule has 3 rings (SSSR count). The van der Waals surface area contributed by atoms with Gasteiger partial charge in [0.2, 0.25) is 0 Å². The Hall–Kier alpha value is -3.38. The molecule has 0 saturated carbocycles. The van der Waals surface area contributed by atoms with Gasteiger partial charge in [-0.1, -0.05) is 36.4 Å². The van der Waals surface area contributed by atoms with Crippen molar-refractivity contribution in [2.45, 2.75) is 6.04 Å². The summed E-state index contributed by atoms with van der Waals surface area (Å²) in [6.07, 6.45) is 3.31. The minimum atomic E-state index is -0.698. The van der Waals surface area contributed by atoms with Crippen LogP contribution in [-0.2, 0) is 0 Å². The van der Waals surface area contributed by atoms with Gasteiger partial charge >= 0.3 is 0 Å². The highest BCUT2D eigenvalue weighted by Crippen LogP contribution is 2.28. The average molecular weight is 349 g/mol. The molecule has 0 spiro atoms. The van der Waals surface area contributed by atoms with Crippen molar-refractivity contribution in [2.24, 2.45) is 5.73 Å². The Kier molecular flexibility index (Phi) is 5.15. The lowest BCUT2D eigenvalue weighted by molar-refractivity contribution is 0.0998. The fourth-order valence-corrected chi connectivity index (χ4v) is 2.71. The summed E-state index contributed by atoms with van der Waals surface area (Å²) < 4.78 is 0. The van der Waals surface area contributed by atoms with E-state index in [1.807, 2.05) is 36.4 Å². The van der Waals surface area contributed by atoms with Gasteiger partial charge < -0.3 is 21.3 Å². The van der Waals surface area contributed by atoms with E-state index in [1.165, 1.54) is 12.1 Å². The van der Waals surface area contributed by atoms with Gasteiger partial charge in [-0.15, -0.1) is 0 Å². The summed E-state index contributed by atoms with van der Waals surface area (Å²) in [4.78, 5) is 15.6. The fourth-order valence-electron chi connectivity index (χ4n) is 2.71. The molecule has 6 nitrogen and oxygen atoms in total. The second-order valence-corrected chi connectivity index (χ2v) is 5.85. The van der Waals surface area contributed by atoms with Crippen molar-refractivity contribution in [1.82, 2.24) is 4.98 Å². The number of nitrogens with zero attached hydrogens (tertiary/aromatic N) is 1. The van der Waals surface area contributed by atoms with Crippen LogP contribution >= 0.6 is 0 Å². The first kappa shape index (κ1) is 17.4. The van der Waals surface area contributed by atoms with Gasteiger partial charge in [0.25, 0.3) is 5.91 Å². The van der Waals surface area contributed by atoms with E-state index in [0.29, 0.717) is 5.56 Å². The van der Waals surface area contributed by atoms with Crippen LogP contribution in [0.4, 0.5) is 5.69 Å². The Morgan fingerprint density at radius 1 is 1.08 bits per heavy atom. The molecule has 0 bridgehead atoms. The maximum absolute atomic E-state index is 11.4. The van der Waals surface area contributed by atoms with Crippen molar-refractivity contribution in [3.8, 4) is 16.9 Å². The number of nitrogens with two attached hydrogens (primary N) is 1. The van der Waals surface area contributed by atoms with Crippen LogP contribution in [0.3, 0.4) is 0 Å². The number of aliphatic hydroxyl groups is 1. The quantitative estimate of drug-likeness (QED) is 0.547. The van der Waals surface area contributed by atoms with E-state index in [0.717, 1.165) is 16.8 Å². The Bertz CT molecular complexity index is 913. The summed E-state index contributed by atoms with van der Waals surface area (Å²) >= 11 is 0. The molecular weight excluding hydrogens is 330 g/mol.